The van der Waals surface area contributed by atoms with Gasteiger partial charge in [0.05, 0.1) is 33.8 Å². The second kappa shape index (κ2) is 12.3. The van der Waals surface area contributed by atoms with Crippen LogP contribution in [0.1, 0.15) is 33.9 Å². The van der Waals surface area contributed by atoms with Crippen LogP contribution in [0.2, 0.25) is 0 Å². The first-order chi connectivity index (χ1) is 24.7. The zero-order valence-electron chi connectivity index (χ0n) is 27.3. The van der Waals surface area contributed by atoms with Crippen LogP contribution in [-0.2, 0) is 0 Å². The lowest BCUT2D eigenvalue weighted by Crippen LogP contribution is -1.98. The highest BCUT2D eigenvalue weighted by molar-refractivity contribution is 6.09. The highest BCUT2D eigenvalue weighted by Crippen LogP contribution is 2.45. The van der Waals surface area contributed by atoms with Crippen LogP contribution >= 0.6 is 0 Å². The summed E-state index contributed by atoms with van der Waals surface area (Å²) in [4.78, 5) is 14.1. The highest BCUT2D eigenvalue weighted by atomic mass is 15.0. The fourth-order valence-electron chi connectivity index (χ4n) is 7.08. The molecule has 1 N–H and O–H groups in total. The molecule has 50 heavy (non-hydrogen) atoms. The molecule has 0 fully saturated rings. The van der Waals surface area contributed by atoms with Gasteiger partial charge in [0.15, 0.2) is 0 Å². The monoisotopic (exact) mass is 640 g/mol. The Labute approximate surface area is 290 Å². The number of hydrogen-bond acceptors (Lipinski definition) is 2. The van der Waals surface area contributed by atoms with Gasteiger partial charge in [-0.3, -0.25) is 0 Å². The minimum atomic E-state index is 0.866. The number of fused-ring (bicyclic) bond motifs is 8. The molecule has 9 rings (SSSR count). The predicted molar refractivity (Wildman–Crippen MR) is 209 cm³/mol. The van der Waals surface area contributed by atoms with Crippen molar-refractivity contribution in [2.45, 2.75) is 0 Å². The molecular formula is C46H32N4. The normalized spacial score (nSPS) is 12.1. The fourth-order valence-corrected chi connectivity index (χ4v) is 7.08. The maximum absolute atomic E-state index is 5.49. The average molecular weight is 641 g/mol. The number of H-pyrrole nitrogens is 1. The molecule has 0 unspecified atom stereocenters. The lowest BCUT2D eigenvalue weighted by Gasteiger charge is -2.15. The van der Waals surface area contributed by atoms with Gasteiger partial charge in [-0.25, -0.2) is 9.97 Å². The Balaban J connectivity index is 1.60. The van der Waals surface area contributed by atoms with Gasteiger partial charge < -0.3 is 9.55 Å². The average Bonchev–Trinajstić information content (AvgIpc) is 3.97. The molecule has 0 saturated carbocycles. The molecule has 0 aliphatic carbocycles. The van der Waals surface area contributed by atoms with E-state index in [9.17, 15) is 0 Å². The molecular weight excluding hydrogens is 609 g/mol. The summed E-state index contributed by atoms with van der Waals surface area (Å²) in [6.07, 6.45) is 8.34. The molecule has 0 atom stereocenters. The van der Waals surface area contributed by atoms with Crippen LogP contribution < -0.4 is 0 Å². The number of nitrogens with one attached hydrogen (secondary N) is 1. The van der Waals surface area contributed by atoms with E-state index in [0.717, 1.165) is 89.5 Å². The van der Waals surface area contributed by atoms with Crippen molar-refractivity contribution in [3.63, 3.8) is 0 Å². The largest absolute Gasteiger partial charge is 0.355 e. The SMILES string of the molecule is C=Cc1c(-c2ccccc2)c2c(-c3ccccc3)c3nc(cc4ccc(cc5nc(cc1n2-c1ccccc1)C=C5)[nH]4)C=C3c1ccccc1. The van der Waals surface area contributed by atoms with Crippen LogP contribution in [0.4, 0.5) is 0 Å². The Morgan fingerprint density at radius 1 is 0.540 bits per heavy atom. The molecule has 4 heteroatoms. The summed E-state index contributed by atoms with van der Waals surface area (Å²) in [5, 5.41) is 0. The zero-order valence-corrected chi connectivity index (χ0v) is 27.3. The van der Waals surface area contributed by atoms with Crippen molar-refractivity contribution in [2.24, 2.45) is 0 Å². The maximum Gasteiger partial charge on any atom is 0.0815 e. The van der Waals surface area contributed by atoms with E-state index in [4.69, 9.17) is 9.97 Å². The Bertz CT molecular complexity index is 2630. The standard InChI is InChI=1S/C46H32N4/c1-2-40-42-30-37-26-25-35(48-37)27-34-23-24-36(47-34)28-38-29-41(31-15-7-3-8-16-31)45(49-38)44(33-19-11-5-12-20-33)46(43(40)32-17-9-4-10-18-32)50(42)39-21-13-6-14-22-39/h2-30,47H,1H2. The van der Waals surface area contributed by atoms with Gasteiger partial charge in [0, 0.05) is 39.0 Å². The number of nitrogens with zero attached hydrogens (tertiary/aromatic N) is 3. The van der Waals surface area contributed by atoms with E-state index >= 15 is 0 Å². The van der Waals surface area contributed by atoms with E-state index in [-0.39, 0.29) is 0 Å². The Morgan fingerprint density at radius 3 is 1.70 bits per heavy atom. The van der Waals surface area contributed by atoms with Gasteiger partial charge in [-0.1, -0.05) is 122 Å². The maximum atomic E-state index is 5.49. The van der Waals surface area contributed by atoms with Crippen LogP contribution in [0.3, 0.4) is 0 Å². The van der Waals surface area contributed by atoms with Crippen LogP contribution in [0.25, 0.3) is 79.9 Å². The third-order valence-corrected chi connectivity index (χ3v) is 9.24. The summed E-state index contributed by atoms with van der Waals surface area (Å²) < 4.78 is 2.37. The third kappa shape index (κ3) is 5.20. The van der Waals surface area contributed by atoms with E-state index in [0.29, 0.717) is 0 Å². The Kier molecular flexibility index (Phi) is 7.25. The number of para-hydroxylation sites is 1. The van der Waals surface area contributed by atoms with Crippen LogP contribution in [0, 0.1) is 0 Å². The highest BCUT2D eigenvalue weighted by Gasteiger charge is 2.26. The third-order valence-electron chi connectivity index (χ3n) is 9.24. The van der Waals surface area contributed by atoms with Gasteiger partial charge in [-0.15, -0.1) is 0 Å². The Hall–Kier alpha value is -6.78. The number of hydrogen-bond donors (Lipinski definition) is 1. The molecule has 4 aromatic carbocycles. The second-order valence-corrected chi connectivity index (χ2v) is 12.4. The molecule has 3 aromatic heterocycles. The first kappa shape index (κ1) is 29.4. The van der Waals surface area contributed by atoms with Crippen LogP contribution in [-0.4, -0.2) is 19.5 Å². The quantitative estimate of drug-likeness (QED) is 0.203. The summed E-state index contributed by atoms with van der Waals surface area (Å²) in [5.74, 6) is 0. The summed E-state index contributed by atoms with van der Waals surface area (Å²) in [6, 6.07) is 53.0. The summed E-state index contributed by atoms with van der Waals surface area (Å²) >= 11 is 0. The molecule has 0 radical (unpaired) electrons. The van der Waals surface area contributed by atoms with Crippen LogP contribution in [0.15, 0.2) is 158 Å². The molecule has 7 aromatic rings. The van der Waals surface area contributed by atoms with Gasteiger partial charge in [0.1, 0.15) is 0 Å². The minimum Gasteiger partial charge on any atom is -0.355 e. The van der Waals surface area contributed by atoms with Gasteiger partial charge in [-0.2, -0.15) is 0 Å². The van der Waals surface area contributed by atoms with E-state index in [2.05, 4.69) is 186 Å². The number of rotatable bonds is 5. The van der Waals surface area contributed by atoms with Crippen molar-refractivity contribution < 1.29 is 0 Å². The van der Waals surface area contributed by atoms with Crippen molar-refractivity contribution in [3.05, 3.63) is 192 Å². The molecule has 5 heterocycles. The lowest BCUT2D eigenvalue weighted by molar-refractivity contribution is 1.17. The molecule has 8 bridgehead atoms. The first-order valence-electron chi connectivity index (χ1n) is 16.8. The summed E-state index contributed by atoms with van der Waals surface area (Å²) in [5.41, 5.74) is 16.0. The van der Waals surface area contributed by atoms with E-state index in [1.165, 1.54) is 0 Å². The van der Waals surface area contributed by atoms with E-state index in [1.807, 2.05) is 6.08 Å². The summed E-state index contributed by atoms with van der Waals surface area (Å²) in [6.45, 7) is 4.41. The number of aromatic nitrogens is 4. The molecule has 0 saturated heterocycles. The van der Waals surface area contributed by atoms with Gasteiger partial charge in [-0.05, 0) is 77.4 Å². The lowest BCUT2D eigenvalue weighted by atomic mass is 9.92. The van der Waals surface area contributed by atoms with Gasteiger partial charge in [0.2, 0.25) is 0 Å². The van der Waals surface area contributed by atoms with Crippen molar-refractivity contribution in [1.82, 2.24) is 19.5 Å². The van der Waals surface area contributed by atoms with Gasteiger partial charge in [0.25, 0.3) is 0 Å². The van der Waals surface area contributed by atoms with Crippen molar-refractivity contribution >= 4 is 51.9 Å². The Morgan fingerprint density at radius 2 is 1.08 bits per heavy atom. The molecule has 2 aliphatic heterocycles. The van der Waals surface area contributed by atoms with Crippen LogP contribution in [0.5, 0.6) is 0 Å². The van der Waals surface area contributed by atoms with Crippen molar-refractivity contribution in [1.29, 1.82) is 0 Å². The van der Waals surface area contributed by atoms with E-state index < -0.39 is 0 Å². The van der Waals surface area contributed by atoms with Crippen molar-refractivity contribution in [3.8, 4) is 27.9 Å². The fraction of sp³-hybridized carbons (Fsp3) is 0. The molecule has 2 aliphatic rings. The molecule has 0 spiro atoms. The smallest absolute Gasteiger partial charge is 0.0815 e. The number of benzene rings is 4. The first-order valence-corrected chi connectivity index (χ1v) is 16.8. The topological polar surface area (TPSA) is 46.5 Å². The molecule has 0 amide bonds. The van der Waals surface area contributed by atoms with Crippen molar-refractivity contribution in [2.75, 3.05) is 0 Å². The minimum absolute atomic E-state index is 0.866. The zero-order chi connectivity index (χ0) is 33.4. The van der Waals surface area contributed by atoms with E-state index in [1.54, 1.807) is 0 Å². The summed E-state index contributed by atoms with van der Waals surface area (Å²) in [7, 11) is 0. The number of aromatic amines is 1. The molecule has 4 nitrogen and oxygen atoms in total. The van der Waals surface area contributed by atoms with Gasteiger partial charge >= 0.3 is 0 Å². The predicted octanol–water partition coefficient (Wildman–Crippen LogP) is 11.5. The molecule has 236 valence electrons. The second-order valence-electron chi connectivity index (χ2n) is 12.4.